The van der Waals surface area contributed by atoms with E-state index in [2.05, 4.69) is 20.6 Å². The molecule has 0 unspecified atom stereocenters. The van der Waals surface area contributed by atoms with Crippen LogP contribution >= 0.6 is 0 Å². The van der Waals surface area contributed by atoms with Gasteiger partial charge in [0, 0.05) is 11.9 Å². The van der Waals surface area contributed by atoms with E-state index in [-0.39, 0.29) is 17.8 Å². The van der Waals surface area contributed by atoms with Gasteiger partial charge in [-0.2, -0.15) is 5.10 Å². The van der Waals surface area contributed by atoms with E-state index in [0.717, 1.165) is 11.1 Å². The number of ether oxygens (including phenoxy) is 1. The Morgan fingerprint density at radius 1 is 1.26 bits per heavy atom. The molecule has 9 heteroatoms. The monoisotopic (exact) mass is 367 g/mol. The number of carbonyl (C=O) groups excluding carboxylic acids is 1. The zero-order valence-corrected chi connectivity index (χ0v) is 15.0. The molecule has 1 N–H and O–H groups in total. The Hall–Kier alpha value is -3.62. The minimum atomic E-state index is -0.376. The predicted octanol–water partition coefficient (Wildman–Crippen LogP) is 3.27. The van der Waals surface area contributed by atoms with Crippen molar-refractivity contribution in [1.82, 2.24) is 20.0 Å². The summed E-state index contributed by atoms with van der Waals surface area (Å²) < 4.78 is 18.2. The Morgan fingerprint density at radius 2 is 2.11 bits per heavy atom. The summed E-state index contributed by atoms with van der Waals surface area (Å²) in [6.45, 7) is 4.31. The number of para-hydroxylation sites is 1. The quantitative estimate of drug-likeness (QED) is 0.576. The molecule has 4 rings (SSSR count). The highest BCUT2D eigenvalue weighted by Gasteiger charge is 2.19. The molecule has 0 bridgehead atoms. The molecule has 3 aromatic heterocycles. The maximum Gasteiger partial charge on any atom is 0.322 e. The Labute approximate surface area is 153 Å². The van der Waals surface area contributed by atoms with E-state index in [1.807, 2.05) is 26.0 Å². The second kappa shape index (κ2) is 6.60. The molecule has 1 amide bonds. The number of nitrogens with one attached hydrogen (secondary N) is 1. The molecule has 0 atom stereocenters. The fourth-order valence-corrected chi connectivity index (χ4v) is 2.81. The van der Waals surface area contributed by atoms with Crippen LogP contribution in [0, 0.1) is 6.92 Å². The average molecular weight is 367 g/mol. The zero-order valence-electron chi connectivity index (χ0n) is 15.0. The summed E-state index contributed by atoms with van der Waals surface area (Å²) in [6, 6.07) is 8.99. The number of aromatic nitrogens is 4. The third-order valence-corrected chi connectivity index (χ3v) is 4.02. The normalized spacial score (nSPS) is 11.1. The fraction of sp³-hybridized carbons (Fsp3) is 0.222. The van der Waals surface area contributed by atoms with Crippen molar-refractivity contribution in [2.75, 3.05) is 12.4 Å². The number of nitrogens with zero attached hydrogens (tertiary/aromatic N) is 4. The third-order valence-electron chi connectivity index (χ3n) is 4.02. The first-order valence-corrected chi connectivity index (χ1v) is 8.35. The standard InChI is InChI=1S/C18H17N5O4/c1-4-23-12(8-10(2)22-23)16(24)19-18-21-20-17(27-18)14-9-11-6-5-7-13(25-3)15(11)26-14/h5-9H,4H2,1-3H3,(H,19,21,24). The number of benzene rings is 1. The van der Waals surface area contributed by atoms with Crippen molar-refractivity contribution in [1.29, 1.82) is 0 Å². The second-order valence-corrected chi connectivity index (χ2v) is 5.84. The van der Waals surface area contributed by atoms with Crippen LogP contribution in [0.4, 0.5) is 6.01 Å². The first-order chi connectivity index (χ1) is 13.1. The fourth-order valence-electron chi connectivity index (χ4n) is 2.81. The van der Waals surface area contributed by atoms with Gasteiger partial charge in [-0.05, 0) is 32.0 Å². The minimum absolute atomic E-state index is 0.0241. The van der Waals surface area contributed by atoms with Gasteiger partial charge in [-0.25, -0.2) is 0 Å². The lowest BCUT2D eigenvalue weighted by Crippen LogP contribution is -2.17. The molecule has 0 aliphatic carbocycles. The number of furan rings is 1. The van der Waals surface area contributed by atoms with E-state index in [1.54, 1.807) is 30.0 Å². The Morgan fingerprint density at radius 3 is 2.89 bits per heavy atom. The van der Waals surface area contributed by atoms with Crippen molar-refractivity contribution < 1.29 is 18.4 Å². The molecular weight excluding hydrogens is 350 g/mol. The summed E-state index contributed by atoms with van der Waals surface area (Å²) in [5.41, 5.74) is 1.76. The molecule has 0 fully saturated rings. The topological polar surface area (TPSA) is 108 Å². The summed E-state index contributed by atoms with van der Waals surface area (Å²) in [5, 5.41) is 15.5. The van der Waals surface area contributed by atoms with Gasteiger partial charge in [-0.15, -0.1) is 5.10 Å². The van der Waals surface area contributed by atoms with Crippen LogP contribution < -0.4 is 10.1 Å². The highest BCUT2D eigenvalue weighted by molar-refractivity contribution is 6.02. The van der Waals surface area contributed by atoms with Crippen LogP contribution in [-0.4, -0.2) is 33.0 Å². The maximum atomic E-state index is 12.4. The summed E-state index contributed by atoms with van der Waals surface area (Å²) >= 11 is 0. The van der Waals surface area contributed by atoms with E-state index in [1.165, 1.54) is 0 Å². The van der Waals surface area contributed by atoms with Gasteiger partial charge in [-0.3, -0.25) is 14.8 Å². The number of fused-ring (bicyclic) bond motifs is 1. The van der Waals surface area contributed by atoms with Crippen molar-refractivity contribution in [2.24, 2.45) is 0 Å². The summed E-state index contributed by atoms with van der Waals surface area (Å²) in [4.78, 5) is 12.4. The van der Waals surface area contributed by atoms with Crippen LogP contribution in [0.1, 0.15) is 23.1 Å². The number of hydrogen-bond acceptors (Lipinski definition) is 7. The predicted molar refractivity (Wildman–Crippen MR) is 96.6 cm³/mol. The Balaban J connectivity index is 1.59. The van der Waals surface area contributed by atoms with E-state index < -0.39 is 0 Å². The van der Waals surface area contributed by atoms with Crippen LogP contribution in [-0.2, 0) is 6.54 Å². The van der Waals surface area contributed by atoms with Crippen LogP contribution in [0.15, 0.2) is 39.2 Å². The number of carbonyl (C=O) groups is 1. The van der Waals surface area contributed by atoms with E-state index in [4.69, 9.17) is 13.6 Å². The van der Waals surface area contributed by atoms with Crippen LogP contribution in [0.5, 0.6) is 5.75 Å². The number of anilines is 1. The van der Waals surface area contributed by atoms with Gasteiger partial charge in [0.15, 0.2) is 17.1 Å². The van der Waals surface area contributed by atoms with Gasteiger partial charge >= 0.3 is 6.01 Å². The lowest BCUT2D eigenvalue weighted by molar-refractivity contribution is 0.101. The van der Waals surface area contributed by atoms with E-state index in [9.17, 15) is 4.79 Å². The molecular formula is C18H17N5O4. The molecule has 0 radical (unpaired) electrons. The highest BCUT2D eigenvalue weighted by Crippen LogP contribution is 2.33. The highest BCUT2D eigenvalue weighted by atomic mass is 16.5. The number of amides is 1. The van der Waals surface area contributed by atoms with E-state index in [0.29, 0.717) is 29.3 Å². The SMILES string of the molecule is CCn1nc(C)cc1C(=O)Nc1nnc(-c2cc3cccc(OC)c3o2)o1. The Kier molecular flexibility index (Phi) is 4.11. The van der Waals surface area contributed by atoms with E-state index >= 15 is 0 Å². The van der Waals surface area contributed by atoms with Crippen LogP contribution in [0.3, 0.4) is 0 Å². The first kappa shape index (κ1) is 16.8. The molecule has 0 saturated heterocycles. The van der Waals surface area contributed by atoms with Crippen molar-refractivity contribution in [2.45, 2.75) is 20.4 Å². The lowest BCUT2D eigenvalue weighted by Gasteiger charge is -2.02. The van der Waals surface area contributed by atoms with Gasteiger partial charge in [0.1, 0.15) is 5.69 Å². The van der Waals surface area contributed by atoms with Crippen molar-refractivity contribution >= 4 is 22.9 Å². The molecule has 3 heterocycles. The van der Waals surface area contributed by atoms with Gasteiger partial charge in [0.05, 0.1) is 12.8 Å². The third kappa shape index (κ3) is 3.03. The molecule has 0 spiro atoms. The van der Waals surface area contributed by atoms with Gasteiger partial charge in [0.25, 0.3) is 11.8 Å². The molecule has 4 aromatic rings. The smallest absolute Gasteiger partial charge is 0.322 e. The molecule has 1 aromatic carbocycles. The van der Waals surface area contributed by atoms with Gasteiger partial charge in [-0.1, -0.05) is 17.2 Å². The average Bonchev–Trinajstić information content (AvgIpc) is 3.38. The first-order valence-electron chi connectivity index (χ1n) is 8.35. The van der Waals surface area contributed by atoms with Crippen LogP contribution in [0.25, 0.3) is 22.6 Å². The number of methoxy groups -OCH3 is 1. The largest absolute Gasteiger partial charge is 0.493 e. The summed E-state index contributed by atoms with van der Waals surface area (Å²) in [7, 11) is 1.57. The maximum absolute atomic E-state index is 12.4. The van der Waals surface area contributed by atoms with Gasteiger partial charge in [0.2, 0.25) is 0 Å². The molecule has 0 aliphatic heterocycles. The number of hydrogen-bond donors (Lipinski definition) is 1. The number of rotatable bonds is 5. The minimum Gasteiger partial charge on any atom is -0.493 e. The summed E-state index contributed by atoms with van der Waals surface area (Å²) in [6.07, 6.45) is 0. The molecule has 138 valence electrons. The lowest BCUT2D eigenvalue weighted by atomic mass is 10.2. The summed E-state index contributed by atoms with van der Waals surface area (Å²) in [5.74, 6) is 0.773. The van der Waals surface area contributed by atoms with Crippen LogP contribution in [0.2, 0.25) is 0 Å². The molecule has 9 nitrogen and oxygen atoms in total. The van der Waals surface area contributed by atoms with Crippen molar-refractivity contribution in [3.63, 3.8) is 0 Å². The second-order valence-electron chi connectivity index (χ2n) is 5.84. The molecule has 0 aliphatic rings. The molecule has 27 heavy (non-hydrogen) atoms. The van der Waals surface area contributed by atoms with Gasteiger partial charge < -0.3 is 13.6 Å². The zero-order chi connectivity index (χ0) is 19.0. The van der Waals surface area contributed by atoms with Crippen molar-refractivity contribution in [3.05, 3.63) is 41.7 Å². The van der Waals surface area contributed by atoms with Crippen molar-refractivity contribution in [3.8, 4) is 17.4 Å². The number of aryl methyl sites for hydroxylation is 2. The molecule has 0 saturated carbocycles. The Bertz CT molecular complexity index is 1120.